The lowest BCUT2D eigenvalue weighted by Gasteiger charge is -2.32. The Bertz CT molecular complexity index is 542. The molecule has 6 heteroatoms. The topological polar surface area (TPSA) is 59.6 Å². The lowest BCUT2D eigenvalue weighted by Crippen LogP contribution is -2.41. The molecular weight excluding hydrogens is 267 g/mol. The van der Waals surface area contributed by atoms with Gasteiger partial charge in [-0.25, -0.2) is 0 Å². The van der Waals surface area contributed by atoms with Crippen LogP contribution in [0.15, 0.2) is 18.2 Å². The molecule has 1 aliphatic heterocycles. The molecule has 0 saturated carbocycles. The molecule has 0 atom stereocenters. The van der Waals surface area contributed by atoms with Crippen LogP contribution in [0.1, 0.15) is 34.6 Å². The largest absolute Gasteiger partial charge is 0.494 e. The molecule has 1 amide bonds. The van der Waals surface area contributed by atoms with Gasteiger partial charge < -0.3 is 19.9 Å². The molecule has 1 aromatic rings. The highest BCUT2D eigenvalue weighted by Crippen LogP contribution is 2.36. The first-order valence-electron chi connectivity index (χ1n) is 7.10. The number of nitrogens with one attached hydrogen (secondary N) is 2. The maximum atomic E-state index is 11.3. The van der Waals surface area contributed by atoms with Crippen LogP contribution in [0.2, 0.25) is 0 Å². The molecule has 0 bridgehead atoms. The van der Waals surface area contributed by atoms with Gasteiger partial charge in [-0.2, -0.15) is 0 Å². The summed E-state index contributed by atoms with van der Waals surface area (Å²) in [6.45, 7) is 9.56. The Morgan fingerprint density at radius 3 is 2.05 bits per heavy atom. The van der Waals surface area contributed by atoms with Crippen LogP contribution in [0.3, 0.4) is 0 Å². The molecule has 1 saturated heterocycles. The summed E-state index contributed by atoms with van der Waals surface area (Å²) in [5.74, 6) is -0.108. The summed E-state index contributed by atoms with van der Waals surface area (Å²) in [5, 5.41) is 5.88. The predicted molar refractivity (Wildman–Crippen MR) is 86.0 cm³/mol. The SMILES string of the molecule is CNc1cc(NC(C)=O)cc(B2OC(C)(C)C(C)(C)O2)c1. The summed E-state index contributed by atoms with van der Waals surface area (Å²) in [4.78, 5) is 11.3. The van der Waals surface area contributed by atoms with Crippen molar-refractivity contribution in [3.05, 3.63) is 18.2 Å². The normalized spacial score (nSPS) is 19.4. The molecule has 114 valence electrons. The molecule has 0 aromatic heterocycles. The third kappa shape index (κ3) is 3.22. The van der Waals surface area contributed by atoms with Gasteiger partial charge in [-0.1, -0.05) is 0 Å². The molecular formula is C15H23BN2O3. The van der Waals surface area contributed by atoms with E-state index < -0.39 is 7.12 Å². The van der Waals surface area contributed by atoms with Gasteiger partial charge in [-0.05, 0) is 51.4 Å². The molecule has 2 rings (SSSR count). The number of amides is 1. The van der Waals surface area contributed by atoms with Crippen LogP contribution in [-0.4, -0.2) is 31.3 Å². The van der Waals surface area contributed by atoms with Gasteiger partial charge in [0, 0.05) is 25.3 Å². The van der Waals surface area contributed by atoms with E-state index in [4.69, 9.17) is 9.31 Å². The smallest absolute Gasteiger partial charge is 0.399 e. The number of benzene rings is 1. The second-order valence-electron chi connectivity index (χ2n) is 6.36. The Kier molecular flexibility index (Phi) is 4.04. The Labute approximate surface area is 126 Å². The maximum Gasteiger partial charge on any atom is 0.494 e. The first-order valence-corrected chi connectivity index (χ1v) is 7.10. The van der Waals surface area contributed by atoms with E-state index in [1.54, 1.807) is 0 Å². The Hall–Kier alpha value is -1.53. The van der Waals surface area contributed by atoms with E-state index in [-0.39, 0.29) is 17.1 Å². The van der Waals surface area contributed by atoms with Gasteiger partial charge >= 0.3 is 7.12 Å². The lowest BCUT2D eigenvalue weighted by atomic mass is 9.78. The van der Waals surface area contributed by atoms with Gasteiger partial charge in [0.2, 0.25) is 5.91 Å². The molecule has 1 fully saturated rings. The third-order valence-electron chi connectivity index (χ3n) is 4.09. The minimum Gasteiger partial charge on any atom is -0.399 e. The molecule has 0 unspecified atom stereocenters. The van der Waals surface area contributed by atoms with Crippen molar-refractivity contribution in [3.63, 3.8) is 0 Å². The fourth-order valence-corrected chi connectivity index (χ4v) is 2.19. The van der Waals surface area contributed by atoms with Crippen LogP contribution < -0.4 is 16.1 Å². The van der Waals surface area contributed by atoms with Gasteiger partial charge in [-0.3, -0.25) is 4.79 Å². The minimum atomic E-state index is -0.448. The van der Waals surface area contributed by atoms with E-state index in [2.05, 4.69) is 10.6 Å². The van der Waals surface area contributed by atoms with Gasteiger partial charge in [-0.15, -0.1) is 0 Å². The van der Waals surface area contributed by atoms with Crippen molar-refractivity contribution in [2.45, 2.75) is 45.8 Å². The van der Waals surface area contributed by atoms with Crippen molar-refractivity contribution in [2.24, 2.45) is 0 Å². The van der Waals surface area contributed by atoms with E-state index in [1.165, 1.54) is 6.92 Å². The molecule has 1 aliphatic rings. The summed E-state index contributed by atoms with van der Waals surface area (Å²) in [6.07, 6.45) is 0. The van der Waals surface area contributed by atoms with E-state index >= 15 is 0 Å². The highest BCUT2D eigenvalue weighted by molar-refractivity contribution is 6.62. The van der Waals surface area contributed by atoms with Crippen molar-refractivity contribution in [2.75, 3.05) is 17.7 Å². The molecule has 0 aliphatic carbocycles. The van der Waals surface area contributed by atoms with E-state index in [0.717, 1.165) is 16.8 Å². The number of carbonyl (C=O) groups is 1. The van der Waals surface area contributed by atoms with E-state index in [0.29, 0.717) is 0 Å². The molecule has 0 radical (unpaired) electrons. The van der Waals surface area contributed by atoms with Gasteiger partial charge in [0.1, 0.15) is 0 Å². The molecule has 0 spiro atoms. The maximum absolute atomic E-state index is 11.3. The fourth-order valence-electron chi connectivity index (χ4n) is 2.19. The number of hydrogen-bond donors (Lipinski definition) is 2. The highest BCUT2D eigenvalue weighted by atomic mass is 16.7. The highest BCUT2D eigenvalue weighted by Gasteiger charge is 2.51. The quantitative estimate of drug-likeness (QED) is 0.836. The summed E-state index contributed by atoms with van der Waals surface area (Å²) < 4.78 is 12.1. The van der Waals surface area contributed by atoms with Crippen LogP contribution in [-0.2, 0) is 14.1 Å². The molecule has 21 heavy (non-hydrogen) atoms. The first-order chi connectivity index (χ1) is 9.64. The standard InChI is InChI=1S/C15H23BN2O3/c1-10(19)18-13-8-11(7-12(9-13)17-6)16-20-14(2,3)15(4,5)21-16/h7-9,17H,1-6H3,(H,18,19). The number of anilines is 2. The second kappa shape index (κ2) is 5.35. The predicted octanol–water partition coefficient (Wildman–Crippen LogP) is 1.99. The lowest BCUT2D eigenvalue weighted by molar-refractivity contribution is -0.114. The third-order valence-corrected chi connectivity index (χ3v) is 4.09. The van der Waals surface area contributed by atoms with Crippen LogP contribution in [0.5, 0.6) is 0 Å². The number of rotatable bonds is 3. The number of hydrogen-bond acceptors (Lipinski definition) is 4. The summed E-state index contributed by atoms with van der Waals surface area (Å²) >= 11 is 0. The zero-order valence-corrected chi connectivity index (χ0v) is 13.5. The van der Waals surface area contributed by atoms with Crippen molar-refractivity contribution in [1.82, 2.24) is 0 Å². The van der Waals surface area contributed by atoms with E-state index in [1.807, 2.05) is 52.9 Å². The molecule has 1 heterocycles. The Morgan fingerprint density at radius 1 is 1.05 bits per heavy atom. The van der Waals surface area contributed by atoms with Crippen LogP contribution >= 0.6 is 0 Å². The molecule has 1 aromatic carbocycles. The zero-order valence-electron chi connectivity index (χ0n) is 13.5. The fraction of sp³-hybridized carbons (Fsp3) is 0.533. The Morgan fingerprint density at radius 2 is 1.57 bits per heavy atom. The average Bonchev–Trinajstić information content (AvgIpc) is 2.57. The van der Waals surface area contributed by atoms with Crippen molar-refractivity contribution < 1.29 is 14.1 Å². The van der Waals surface area contributed by atoms with Gasteiger partial charge in [0.05, 0.1) is 11.2 Å². The second-order valence-corrected chi connectivity index (χ2v) is 6.36. The monoisotopic (exact) mass is 290 g/mol. The van der Waals surface area contributed by atoms with Crippen LogP contribution in [0.25, 0.3) is 0 Å². The number of carbonyl (C=O) groups excluding carboxylic acids is 1. The van der Waals surface area contributed by atoms with E-state index in [9.17, 15) is 4.79 Å². The zero-order chi connectivity index (χ0) is 15.8. The summed E-state index contributed by atoms with van der Waals surface area (Å²) in [6, 6.07) is 5.72. The Balaban J connectivity index is 2.34. The van der Waals surface area contributed by atoms with Crippen molar-refractivity contribution >= 4 is 29.9 Å². The summed E-state index contributed by atoms with van der Waals surface area (Å²) in [5.41, 5.74) is 1.72. The average molecular weight is 290 g/mol. The summed E-state index contributed by atoms with van der Waals surface area (Å²) in [7, 11) is 1.39. The van der Waals surface area contributed by atoms with Crippen molar-refractivity contribution in [1.29, 1.82) is 0 Å². The first kappa shape index (κ1) is 15.9. The van der Waals surface area contributed by atoms with Gasteiger partial charge in [0.25, 0.3) is 0 Å². The molecule has 2 N–H and O–H groups in total. The van der Waals surface area contributed by atoms with Crippen LogP contribution in [0.4, 0.5) is 11.4 Å². The van der Waals surface area contributed by atoms with Crippen molar-refractivity contribution in [3.8, 4) is 0 Å². The van der Waals surface area contributed by atoms with Gasteiger partial charge in [0.15, 0.2) is 0 Å². The van der Waals surface area contributed by atoms with Crippen LogP contribution in [0, 0.1) is 0 Å². The minimum absolute atomic E-state index is 0.108. The molecule has 5 nitrogen and oxygen atoms in total.